The molecule has 2 aromatic rings. The Morgan fingerprint density at radius 1 is 0.980 bits per heavy atom. The second-order valence-corrected chi connectivity index (χ2v) is 17.2. The molecule has 3 saturated heterocycles. The minimum absolute atomic E-state index is 0.0144. The molecule has 1 N–H and O–H groups in total. The van der Waals surface area contributed by atoms with Gasteiger partial charge in [-0.1, -0.05) is 62.4 Å². The summed E-state index contributed by atoms with van der Waals surface area (Å²) in [5.41, 5.74) is 3.72. The number of alkyl carbamates (subject to hydrolysis) is 1. The van der Waals surface area contributed by atoms with E-state index in [0.717, 1.165) is 41.5 Å². The van der Waals surface area contributed by atoms with Crippen LogP contribution in [0, 0.1) is 17.3 Å². The fourth-order valence-electron chi connectivity index (χ4n) is 9.95. The van der Waals surface area contributed by atoms with Gasteiger partial charge < -0.3 is 29.0 Å². The molecule has 4 unspecified atom stereocenters. The summed E-state index contributed by atoms with van der Waals surface area (Å²) in [6.45, 7) is 13.2. The molecule has 10 nitrogen and oxygen atoms in total. The van der Waals surface area contributed by atoms with E-state index in [1.54, 1.807) is 20.8 Å². The van der Waals surface area contributed by atoms with Crippen molar-refractivity contribution in [1.82, 2.24) is 15.1 Å². The normalized spacial score (nSPS) is 32.2. The Morgan fingerprint density at radius 3 is 2.32 bits per heavy atom. The summed E-state index contributed by atoms with van der Waals surface area (Å²) in [6, 6.07) is 15.1. The Hall–Kier alpha value is -3.57. The first-order valence-corrected chi connectivity index (χ1v) is 18.5. The highest BCUT2D eigenvalue weighted by Crippen LogP contribution is 2.65. The quantitative estimate of drug-likeness (QED) is 0.377. The fraction of sp³-hybridized carbons (Fsp3) is 0.615. The van der Waals surface area contributed by atoms with Gasteiger partial charge in [-0.05, 0) is 99.3 Å². The predicted octanol–water partition coefficient (Wildman–Crippen LogP) is 6.16. The lowest BCUT2D eigenvalue weighted by Crippen LogP contribution is -2.63. The summed E-state index contributed by atoms with van der Waals surface area (Å²) in [5, 5.41) is 2.97. The van der Waals surface area contributed by atoms with E-state index >= 15 is 0 Å². The highest BCUT2D eigenvalue weighted by molar-refractivity contribution is 6.48. The number of nitrogens with zero attached hydrogens (tertiary/aromatic N) is 2. The molecule has 3 aliphatic heterocycles. The van der Waals surface area contributed by atoms with Gasteiger partial charge in [0.15, 0.2) is 0 Å². The molecule has 3 saturated carbocycles. The maximum Gasteiger partial charge on any atom is 0.481 e. The number of benzene rings is 2. The average Bonchev–Trinajstić information content (AvgIpc) is 3.85. The summed E-state index contributed by atoms with van der Waals surface area (Å²) >= 11 is 0. The van der Waals surface area contributed by atoms with Gasteiger partial charge in [-0.15, -0.1) is 0 Å². The van der Waals surface area contributed by atoms with Gasteiger partial charge in [0.25, 0.3) is 0 Å². The third kappa shape index (κ3) is 5.59. The minimum atomic E-state index is -0.796. The molecule has 0 aromatic heterocycles. The van der Waals surface area contributed by atoms with Gasteiger partial charge in [-0.3, -0.25) is 9.69 Å². The van der Waals surface area contributed by atoms with Crippen LogP contribution in [0.5, 0.6) is 0 Å². The molecule has 11 heteroatoms. The van der Waals surface area contributed by atoms with Crippen molar-refractivity contribution in [2.75, 3.05) is 19.7 Å². The molecular formula is C39H50BN3O7. The van der Waals surface area contributed by atoms with E-state index in [4.69, 9.17) is 18.8 Å². The number of hydrogen-bond acceptors (Lipinski definition) is 7. The minimum Gasteiger partial charge on any atom is -0.449 e. The van der Waals surface area contributed by atoms with Crippen molar-refractivity contribution in [3.05, 3.63) is 59.7 Å². The molecule has 3 amide bonds. The Morgan fingerprint density at radius 2 is 1.66 bits per heavy atom. The topological polar surface area (TPSA) is 107 Å². The van der Waals surface area contributed by atoms with Crippen LogP contribution >= 0.6 is 0 Å². The molecule has 4 aliphatic carbocycles. The maximum atomic E-state index is 14.5. The number of fused-ring (bicyclic) bond motifs is 3. The SMILES string of the molecule is CC(C)(C)OC(=O)N1C[C@H](NC(=O)OCC2c3ccccc3-c3ccccc32)C[C@H]1C(=O)N1CCC[C@H]1B1OC2C3CC(CC2(C)O1)C3(C)C. The zero-order chi connectivity index (χ0) is 35.2. The standard InChI is InChI=1S/C39H50BN3O7/c1-37(2,3)48-36(46)43-21-24(41-35(45)47-22-29-27-14-9-7-12-25(27)26-13-8-10-15-28(26)29)19-31(43)34(44)42-17-11-16-32(42)40-49-33-30-18-23(38(30,4)5)20-39(33,6)50-40/h7-10,12-15,23-24,29-33H,11,16-22H2,1-6H3,(H,41,45)/t23?,24-,30?,31+,32+,33?,39?/m1/s1. The van der Waals surface area contributed by atoms with Gasteiger partial charge in [-0.2, -0.15) is 0 Å². The van der Waals surface area contributed by atoms with Crippen LogP contribution in [0.1, 0.15) is 90.7 Å². The van der Waals surface area contributed by atoms with Crippen molar-refractivity contribution in [3.63, 3.8) is 0 Å². The second kappa shape index (κ2) is 12.0. The van der Waals surface area contributed by atoms with Gasteiger partial charge in [-0.25, -0.2) is 9.59 Å². The van der Waals surface area contributed by atoms with Gasteiger partial charge >= 0.3 is 19.3 Å². The van der Waals surface area contributed by atoms with E-state index in [1.165, 1.54) is 11.3 Å². The number of nitrogens with one attached hydrogen (secondary N) is 1. The molecule has 3 heterocycles. The van der Waals surface area contributed by atoms with Crippen LogP contribution in [-0.4, -0.2) is 90.0 Å². The molecule has 2 bridgehead atoms. The number of ether oxygens (including phenoxy) is 2. The first-order chi connectivity index (χ1) is 23.7. The Labute approximate surface area is 295 Å². The van der Waals surface area contributed by atoms with Crippen molar-refractivity contribution < 1.29 is 33.2 Å². The molecule has 7 aliphatic rings. The number of likely N-dealkylation sites (tertiary alicyclic amines) is 2. The van der Waals surface area contributed by atoms with E-state index in [9.17, 15) is 14.4 Å². The van der Waals surface area contributed by atoms with Gasteiger partial charge in [0, 0.05) is 19.0 Å². The van der Waals surface area contributed by atoms with Crippen LogP contribution in [0.25, 0.3) is 11.1 Å². The Balaban J connectivity index is 0.952. The van der Waals surface area contributed by atoms with E-state index < -0.39 is 37.0 Å². The monoisotopic (exact) mass is 683 g/mol. The molecule has 7 atom stereocenters. The Bertz CT molecular complexity index is 1650. The summed E-state index contributed by atoms with van der Waals surface area (Å²) in [4.78, 5) is 44.6. The van der Waals surface area contributed by atoms with Crippen molar-refractivity contribution in [2.24, 2.45) is 17.3 Å². The third-order valence-corrected chi connectivity index (χ3v) is 12.6. The average molecular weight is 684 g/mol. The van der Waals surface area contributed by atoms with Crippen LogP contribution in [-0.2, 0) is 23.6 Å². The first kappa shape index (κ1) is 33.6. The summed E-state index contributed by atoms with van der Waals surface area (Å²) in [7, 11) is -0.502. The first-order valence-electron chi connectivity index (χ1n) is 18.5. The fourth-order valence-corrected chi connectivity index (χ4v) is 9.95. The predicted molar refractivity (Wildman–Crippen MR) is 188 cm³/mol. The molecule has 266 valence electrons. The maximum absolute atomic E-state index is 14.5. The molecule has 0 spiro atoms. The second-order valence-electron chi connectivity index (χ2n) is 17.2. The molecular weight excluding hydrogens is 633 g/mol. The van der Waals surface area contributed by atoms with E-state index in [0.29, 0.717) is 18.4 Å². The van der Waals surface area contributed by atoms with Crippen LogP contribution in [0.3, 0.4) is 0 Å². The van der Waals surface area contributed by atoms with E-state index in [1.807, 2.05) is 29.2 Å². The lowest BCUT2D eigenvalue weighted by atomic mass is 9.45. The number of hydrogen-bond donors (Lipinski definition) is 1. The zero-order valence-electron chi connectivity index (χ0n) is 30.1. The Kier molecular flexibility index (Phi) is 8.06. The van der Waals surface area contributed by atoms with E-state index in [-0.39, 0.29) is 54.5 Å². The van der Waals surface area contributed by atoms with Gasteiger partial charge in [0.1, 0.15) is 18.2 Å². The molecule has 0 radical (unpaired) electrons. The highest BCUT2D eigenvalue weighted by atomic mass is 16.7. The van der Waals surface area contributed by atoms with Crippen molar-refractivity contribution in [1.29, 1.82) is 0 Å². The van der Waals surface area contributed by atoms with Crippen molar-refractivity contribution in [2.45, 2.75) is 115 Å². The van der Waals surface area contributed by atoms with E-state index in [2.05, 4.69) is 50.4 Å². The largest absolute Gasteiger partial charge is 0.481 e. The summed E-state index contributed by atoms with van der Waals surface area (Å²) < 4.78 is 25.0. The summed E-state index contributed by atoms with van der Waals surface area (Å²) in [6.07, 6.45) is 2.88. The van der Waals surface area contributed by atoms with Crippen LogP contribution in [0.15, 0.2) is 48.5 Å². The highest BCUT2D eigenvalue weighted by Gasteiger charge is 2.68. The third-order valence-electron chi connectivity index (χ3n) is 12.6. The molecule has 9 rings (SSSR count). The van der Waals surface area contributed by atoms with Crippen LogP contribution < -0.4 is 5.32 Å². The van der Waals surface area contributed by atoms with Gasteiger partial charge in [0.05, 0.1) is 23.7 Å². The lowest BCUT2D eigenvalue weighted by molar-refractivity contribution is -0.185. The lowest BCUT2D eigenvalue weighted by Gasteiger charge is -2.63. The number of carbonyl (C=O) groups is 3. The molecule has 6 fully saturated rings. The number of rotatable bonds is 5. The van der Waals surface area contributed by atoms with Gasteiger partial charge in [0.2, 0.25) is 5.91 Å². The van der Waals surface area contributed by atoms with Crippen molar-refractivity contribution >= 4 is 25.2 Å². The number of amides is 3. The van der Waals surface area contributed by atoms with Crippen LogP contribution in [0.2, 0.25) is 0 Å². The molecule has 2 aromatic carbocycles. The van der Waals surface area contributed by atoms with Crippen molar-refractivity contribution in [3.8, 4) is 11.1 Å². The number of carbonyl (C=O) groups excluding carboxylic acids is 3. The zero-order valence-corrected chi connectivity index (χ0v) is 30.1. The summed E-state index contributed by atoms with van der Waals surface area (Å²) in [5.74, 6) is 0.606. The van der Waals surface area contributed by atoms with Crippen LogP contribution in [0.4, 0.5) is 9.59 Å². The molecule has 50 heavy (non-hydrogen) atoms. The smallest absolute Gasteiger partial charge is 0.449 e.